The van der Waals surface area contributed by atoms with Crippen molar-refractivity contribution in [1.29, 1.82) is 0 Å². The Hall–Kier alpha value is -5.37. The Morgan fingerprint density at radius 1 is 0.930 bits per heavy atom. The molecule has 2 atom stereocenters. The lowest BCUT2D eigenvalue weighted by atomic mass is 9.88. The van der Waals surface area contributed by atoms with E-state index in [1.807, 2.05) is 79.7 Å². The maximum Gasteiger partial charge on any atom is 0.332 e. The van der Waals surface area contributed by atoms with Crippen LogP contribution in [-0.2, 0) is 17.8 Å². The number of hydrogen-bond acceptors (Lipinski definition) is 4. The van der Waals surface area contributed by atoms with Crippen LogP contribution in [0.1, 0.15) is 44.3 Å². The smallest absolute Gasteiger partial charge is 0.332 e. The van der Waals surface area contributed by atoms with Gasteiger partial charge in [-0.3, -0.25) is 14.5 Å². The van der Waals surface area contributed by atoms with E-state index in [0.717, 1.165) is 44.6 Å². The predicted molar refractivity (Wildman–Crippen MR) is 164 cm³/mol. The first kappa shape index (κ1) is 26.5. The van der Waals surface area contributed by atoms with Gasteiger partial charge in [0.05, 0.1) is 18.4 Å². The number of aromatic nitrogens is 1. The molecule has 2 aliphatic heterocycles. The third-order valence-corrected chi connectivity index (χ3v) is 8.44. The van der Waals surface area contributed by atoms with Gasteiger partial charge < -0.3 is 15.0 Å². The van der Waals surface area contributed by atoms with E-state index >= 15 is 0 Å². The number of imide groups is 1. The minimum Gasteiger partial charge on any atom is -0.497 e. The summed E-state index contributed by atoms with van der Waals surface area (Å²) in [7, 11) is 1.60. The predicted octanol–water partition coefficient (Wildman–Crippen LogP) is 5.90. The number of rotatable bonds is 6. The van der Waals surface area contributed by atoms with Gasteiger partial charge in [-0.05, 0) is 53.9 Å². The lowest BCUT2D eigenvalue weighted by Gasteiger charge is -2.36. The number of urea groups is 1. The van der Waals surface area contributed by atoms with Crippen molar-refractivity contribution in [3.63, 3.8) is 0 Å². The summed E-state index contributed by atoms with van der Waals surface area (Å²) in [6, 6.07) is 28.6. The SMILES string of the molecule is COc1ccc(CNC(=O)c2ccccc2N2C(=O)[C@@H]3Cc4c([nH]c5ccccc45)[C@H](c4ccc(C)cc4)N3C2=O)cc1. The molecule has 4 amide bonds. The molecule has 8 nitrogen and oxygen atoms in total. The molecule has 5 aromatic rings. The highest BCUT2D eigenvalue weighted by Gasteiger charge is 2.53. The van der Waals surface area contributed by atoms with E-state index in [9.17, 15) is 14.4 Å². The number of amides is 4. The number of methoxy groups -OCH3 is 1. The van der Waals surface area contributed by atoms with Crippen molar-refractivity contribution in [3.05, 3.63) is 131 Å². The van der Waals surface area contributed by atoms with Crippen molar-refractivity contribution in [2.75, 3.05) is 12.0 Å². The summed E-state index contributed by atoms with van der Waals surface area (Å²) in [6.45, 7) is 2.30. The largest absolute Gasteiger partial charge is 0.497 e. The third-order valence-electron chi connectivity index (χ3n) is 8.44. The number of hydrogen-bond donors (Lipinski definition) is 2. The number of benzene rings is 4. The van der Waals surface area contributed by atoms with E-state index in [0.29, 0.717) is 6.42 Å². The van der Waals surface area contributed by atoms with Gasteiger partial charge in [0.25, 0.3) is 11.8 Å². The normalized spacial score (nSPS) is 17.6. The number of carbonyl (C=O) groups is 3. The van der Waals surface area contributed by atoms with Crippen molar-refractivity contribution in [1.82, 2.24) is 15.2 Å². The zero-order chi connectivity index (χ0) is 29.7. The monoisotopic (exact) mass is 570 g/mol. The Labute approximate surface area is 248 Å². The molecular weight excluding hydrogens is 540 g/mol. The highest BCUT2D eigenvalue weighted by atomic mass is 16.5. The van der Waals surface area contributed by atoms with E-state index in [-0.39, 0.29) is 29.6 Å². The topological polar surface area (TPSA) is 94.7 Å². The van der Waals surface area contributed by atoms with Crippen molar-refractivity contribution < 1.29 is 19.1 Å². The summed E-state index contributed by atoms with van der Waals surface area (Å²) in [6.07, 6.45) is 0.384. The van der Waals surface area contributed by atoms with Gasteiger partial charge in [0.15, 0.2) is 0 Å². The Bertz CT molecular complexity index is 1880. The third kappa shape index (κ3) is 4.43. The fraction of sp³-hybridized carbons (Fsp3) is 0.171. The van der Waals surface area contributed by atoms with Gasteiger partial charge in [0.1, 0.15) is 17.8 Å². The van der Waals surface area contributed by atoms with Crippen LogP contribution in [0.2, 0.25) is 0 Å². The van der Waals surface area contributed by atoms with Crippen LogP contribution in [0.3, 0.4) is 0 Å². The number of H-pyrrole nitrogens is 1. The van der Waals surface area contributed by atoms with Crippen molar-refractivity contribution in [2.45, 2.75) is 32.0 Å². The van der Waals surface area contributed by atoms with Crippen LogP contribution < -0.4 is 15.0 Å². The van der Waals surface area contributed by atoms with Gasteiger partial charge in [-0.25, -0.2) is 9.69 Å². The van der Waals surface area contributed by atoms with Crippen molar-refractivity contribution in [3.8, 4) is 5.75 Å². The Morgan fingerprint density at radius 2 is 1.65 bits per heavy atom. The zero-order valence-corrected chi connectivity index (χ0v) is 23.8. The van der Waals surface area contributed by atoms with Gasteiger partial charge >= 0.3 is 6.03 Å². The summed E-state index contributed by atoms with van der Waals surface area (Å²) in [5.41, 5.74) is 6.37. The number of fused-ring (bicyclic) bond motifs is 4. The summed E-state index contributed by atoms with van der Waals surface area (Å²) in [4.78, 5) is 48.3. The molecule has 1 saturated heterocycles. The number of nitrogens with zero attached hydrogens (tertiary/aromatic N) is 2. The van der Waals surface area contributed by atoms with E-state index < -0.39 is 18.1 Å². The second-order valence-electron chi connectivity index (χ2n) is 11.0. The van der Waals surface area contributed by atoms with Crippen LogP contribution in [0.15, 0.2) is 97.1 Å². The first-order chi connectivity index (χ1) is 20.9. The summed E-state index contributed by atoms with van der Waals surface area (Å²) >= 11 is 0. The molecule has 0 spiro atoms. The highest BCUT2D eigenvalue weighted by Crippen LogP contribution is 2.45. The molecule has 0 unspecified atom stereocenters. The molecule has 0 aliphatic carbocycles. The molecule has 1 fully saturated rings. The number of nitrogens with one attached hydrogen (secondary N) is 2. The molecule has 2 aliphatic rings. The first-order valence-electron chi connectivity index (χ1n) is 14.3. The molecule has 3 heterocycles. The second kappa shape index (κ2) is 10.5. The lowest BCUT2D eigenvalue weighted by molar-refractivity contribution is -0.120. The van der Waals surface area contributed by atoms with Gasteiger partial charge in [-0.15, -0.1) is 0 Å². The number of ether oxygens (including phenoxy) is 1. The highest BCUT2D eigenvalue weighted by molar-refractivity contribution is 6.24. The Morgan fingerprint density at radius 3 is 2.42 bits per heavy atom. The molecule has 8 heteroatoms. The van der Waals surface area contributed by atoms with E-state index in [1.165, 1.54) is 4.90 Å². The molecule has 0 bridgehead atoms. The molecule has 1 aromatic heterocycles. The van der Waals surface area contributed by atoms with Gasteiger partial charge in [0.2, 0.25) is 0 Å². The standard InChI is InChI=1S/C35H30N4O4/c1-21-11-15-23(16-12-21)32-31-27(25-7-3-5-9-28(25)37-31)19-30-34(41)39(35(42)38(30)32)29-10-6-4-8-26(29)33(40)36-20-22-13-17-24(43-2)18-14-22/h3-18,30,32,37H,19-20H2,1-2H3,(H,36,40)/t30-,32-/m0/s1. The maximum atomic E-state index is 14.3. The molecule has 7 rings (SSSR count). The van der Waals surface area contributed by atoms with Crippen LogP contribution in [0.4, 0.5) is 10.5 Å². The Kier molecular flexibility index (Phi) is 6.46. The fourth-order valence-electron chi connectivity index (χ4n) is 6.27. The van der Waals surface area contributed by atoms with Gasteiger partial charge in [-0.2, -0.15) is 0 Å². The average molecular weight is 571 g/mol. The van der Waals surface area contributed by atoms with Crippen LogP contribution in [0, 0.1) is 6.92 Å². The van der Waals surface area contributed by atoms with Crippen LogP contribution in [-0.4, -0.2) is 40.9 Å². The van der Waals surface area contributed by atoms with Crippen LogP contribution in [0.25, 0.3) is 10.9 Å². The summed E-state index contributed by atoms with van der Waals surface area (Å²) in [5, 5.41) is 3.98. The number of carbonyl (C=O) groups excluding carboxylic acids is 3. The summed E-state index contributed by atoms with van der Waals surface area (Å²) < 4.78 is 5.21. The van der Waals surface area contributed by atoms with E-state index in [4.69, 9.17) is 4.74 Å². The van der Waals surface area contributed by atoms with E-state index in [2.05, 4.69) is 10.3 Å². The molecule has 43 heavy (non-hydrogen) atoms. The Balaban J connectivity index is 1.25. The molecule has 2 N–H and O–H groups in total. The minimum atomic E-state index is -0.707. The van der Waals surface area contributed by atoms with Crippen molar-refractivity contribution >= 4 is 34.4 Å². The zero-order valence-electron chi connectivity index (χ0n) is 23.8. The molecule has 0 radical (unpaired) electrons. The molecule has 4 aromatic carbocycles. The lowest BCUT2D eigenvalue weighted by Crippen LogP contribution is -2.44. The minimum absolute atomic E-state index is 0.258. The average Bonchev–Trinajstić information content (AvgIpc) is 3.53. The first-order valence-corrected chi connectivity index (χ1v) is 14.3. The quantitative estimate of drug-likeness (QED) is 0.249. The number of aryl methyl sites for hydroxylation is 1. The second-order valence-corrected chi connectivity index (χ2v) is 11.0. The number of aromatic amines is 1. The van der Waals surface area contributed by atoms with E-state index in [1.54, 1.807) is 36.3 Å². The molecular formula is C35H30N4O4. The van der Waals surface area contributed by atoms with Gasteiger partial charge in [-0.1, -0.05) is 72.3 Å². The van der Waals surface area contributed by atoms with Crippen LogP contribution >= 0.6 is 0 Å². The molecule has 214 valence electrons. The number of para-hydroxylation sites is 2. The number of anilines is 1. The molecule has 0 saturated carbocycles. The van der Waals surface area contributed by atoms with Crippen LogP contribution in [0.5, 0.6) is 5.75 Å². The summed E-state index contributed by atoms with van der Waals surface area (Å²) in [5.74, 6) is 0.0164. The maximum absolute atomic E-state index is 14.3. The van der Waals surface area contributed by atoms with Crippen molar-refractivity contribution in [2.24, 2.45) is 0 Å². The fourth-order valence-corrected chi connectivity index (χ4v) is 6.27. The van der Waals surface area contributed by atoms with Gasteiger partial charge in [0, 0.05) is 29.6 Å².